The molecule has 39 heavy (non-hydrogen) atoms. The summed E-state index contributed by atoms with van der Waals surface area (Å²) in [6, 6.07) is 0. The summed E-state index contributed by atoms with van der Waals surface area (Å²) >= 11 is 0. The highest BCUT2D eigenvalue weighted by Gasteiger charge is 2.53. The molecule has 13 N–H and O–H groups in total. The lowest BCUT2D eigenvalue weighted by atomic mass is 9.96. The average molecular weight is 580 g/mol. The molecule has 3 heterocycles. The summed E-state index contributed by atoms with van der Waals surface area (Å²) in [7, 11) is 1.32. The Bertz CT molecular complexity index is 738. The fraction of sp³-hybridized carbons (Fsp3) is 1.00. The minimum atomic E-state index is -1.93. The van der Waals surface area contributed by atoms with Crippen LogP contribution in [0.3, 0.4) is 0 Å². The largest absolute Gasteiger partial charge is 0.394 e. The second-order valence-corrected chi connectivity index (χ2v) is 9.39. The Labute approximate surface area is 221 Å². The summed E-state index contributed by atoms with van der Waals surface area (Å²) < 4.78 is 32.4. The first kappa shape index (κ1) is 32.8. The highest BCUT2D eigenvalue weighted by molar-refractivity contribution is 4.96. The molecule has 0 spiro atoms. The third-order valence-electron chi connectivity index (χ3n) is 6.65. The monoisotopic (exact) mass is 579 g/mol. The summed E-state index contributed by atoms with van der Waals surface area (Å²) in [5, 5.41) is 111. The van der Waals surface area contributed by atoms with Gasteiger partial charge < -0.3 is 79.5 Å². The van der Waals surface area contributed by atoms with E-state index in [-0.39, 0.29) is 11.9 Å². The lowest BCUT2D eigenvalue weighted by Gasteiger charge is -2.48. The van der Waals surface area contributed by atoms with Gasteiger partial charge in [-0.15, -0.1) is 10.6 Å². The number of hydroxylamine groups is 1. The first-order valence-electron chi connectivity index (χ1n) is 12.2. The van der Waals surface area contributed by atoms with E-state index < -0.39 is 112 Å². The number of rotatable bonds is 11. The zero-order valence-electron chi connectivity index (χ0n) is 20.9. The molecule has 0 aromatic heterocycles. The number of quaternary nitrogens is 1. The number of aliphatic hydroxyl groups is 10. The Morgan fingerprint density at radius 3 is 1.46 bits per heavy atom. The highest BCUT2D eigenvalue weighted by atomic mass is 16.8. The lowest BCUT2D eigenvalue weighted by Crippen LogP contribution is -3.13. The Morgan fingerprint density at radius 1 is 0.590 bits per heavy atom. The molecular weight excluding hydrogens is 540 g/mol. The second kappa shape index (κ2) is 14.4. The fourth-order valence-electron chi connectivity index (χ4n) is 4.40. The SMILES string of the molecule is C[NH+](O)NCOC1OC(CO)C(O)C(OC2OC(CO)C(O)C(OC3OC(CO)C(O)C(O)C3O)C2O)C1O. The van der Waals surface area contributed by atoms with Crippen LogP contribution in [-0.2, 0) is 28.4 Å². The number of nitrogens with one attached hydrogen (secondary N) is 2. The molecule has 3 fully saturated rings. The first-order valence-corrected chi connectivity index (χ1v) is 12.2. The van der Waals surface area contributed by atoms with E-state index in [0.29, 0.717) is 0 Å². The number of hydrogen-bond acceptors (Lipinski definition) is 18. The molecule has 0 amide bonds. The van der Waals surface area contributed by atoms with Crippen LogP contribution in [0.4, 0.5) is 0 Å². The molecule has 0 saturated carbocycles. The molecular formula is C20H39N2O17+. The average Bonchev–Trinajstić information content (AvgIpc) is 2.91. The van der Waals surface area contributed by atoms with Gasteiger partial charge in [-0.25, -0.2) is 0 Å². The standard InChI is InChI=1S/C20H38N2O17/c1-22(33)21-5-34-18-14(31)16(10(27)7(3-24)35-18)39-20-15(32)17(11(28)8(4-25)37-20)38-19-13(30)12(29)9(26)6(2-23)36-19/h6-21,23-33H,2-5H2,1H3/p+1. The van der Waals surface area contributed by atoms with Crippen molar-refractivity contribution in [1.82, 2.24) is 5.43 Å². The summed E-state index contributed by atoms with van der Waals surface area (Å²) in [5.41, 5.74) is 2.42. The highest BCUT2D eigenvalue weighted by Crippen LogP contribution is 2.32. The number of hydrogen-bond donors (Lipinski definition) is 13. The van der Waals surface area contributed by atoms with Gasteiger partial charge in [-0.05, 0) is 0 Å². The maximum absolute atomic E-state index is 10.9. The Morgan fingerprint density at radius 2 is 1.00 bits per heavy atom. The third kappa shape index (κ3) is 7.37. The van der Waals surface area contributed by atoms with Crippen molar-refractivity contribution in [2.75, 3.05) is 33.6 Å². The first-order chi connectivity index (χ1) is 18.4. The van der Waals surface area contributed by atoms with Crippen LogP contribution >= 0.6 is 0 Å². The van der Waals surface area contributed by atoms with E-state index >= 15 is 0 Å². The van der Waals surface area contributed by atoms with Crippen LogP contribution < -0.4 is 10.6 Å². The van der Waals surface area contributed by atoms with Crippen LogP contribution in [0.25, 0.3) is 0 Å². The lowest BCUT2D eigenvalue weighted by molar-refractivity contribution is -1.11. The molecule has 0 radical (unpaired) electrons. The molecule has 3 aliphatic heterocycles. The summed E-state index contributed by atoms with van der Waals surface area (Å²) in [6.45, 7) is -2.67. The summed E-state index contributed by atoms with van der Waals surface area (Å²) in [6.07, 6.45) is -25.1. The van der Waals surface area contributed by atoms with Crippen molar-refractivity contribution >= 4 is 0 Å². The van der Waals surface area contributed by atoms with Crippen molar-refractivity contribution in [3.8, 4) is 0 Å². The van der Waals surface area contributed by atoms with E-state index in [0.717, 1.165) is 0 Å². The van der Waals surface area contributed by atoms with Crippen molar-refractivity contribution in [1.29, 1.82) is 0 Å². The zero-order valence-corrected chi connectivity index (χ0v) is 20.9. The smallest absolute Gasteiger partial charge is 0.188 e. The molecule has 3 aliphatic rings. The molecule has 19 nitrogen and oxygen atoms in total. The zero-order chi connectivity index (χ0) is 29.0. The van der Waals surface area contributed by atoms with E-state index in [1.54, 1.807) is 0 Å². The minimum Gasteiger partial charge on any atom is -0.394 e. The van der Waals surface area contributed by atoms with Crippen molar-refractivity contribution in [2.45, 2.75) is 92.1 Å². The third-order valence-corrected chi connectivity index (χ3v) is 6.65. The van der Waals surface area contributed by atoms with Crippen molar-refractivity contribution < 1.29 is 89.9 Å². The molecule has 0 aliphatic carbocycles. The van der Waals surface area contributed by atoms with Crippen molar-refractivity contribution in [3.63, 3.8) is 0 Å². The molecule has 0 aromatic carbocycles. The van der Waals surface area contributed by atoms with Gasteiger partial charge in [0.1, 0.15) is 87.0 Å². The molecule has 19 heteroatoms. The maximum atomic E-state index is 10.9. The normalized spacial score (nSPS) is 48.2. The van der Waals surface area contributed by atoms with Crippen LogP contribution in [0, 0.1) is 0 Å². The Kier molecular flexibility index (Phi) is 12.1. The van der Waals surface area contributed by atoms with Crippen molar-refractivity contribution in [2.24, 2.45) is 0 Å². The predicted molar refractivity (Wildman–Crippen MR) is 117 cm³/mol. The van der Waals surface area contributed by atoms with Gasteiger partial charge in [-0.3, -0.25) is 0 Å². The van der Waals surface area contributed by atoms with Crippen LogP contribution in [-0.4, -0.2) is 182 Å². The van der Waals surface area contributed by atoms with Crippen LogP contribution in [0.15, 0.2) is 0 Å². The number of ether oxygens (including phenoxy) is 6. The van der Waals surface area contributed by atoms with Gasteiger partial charge in [0.05, 0.1) is 19.8 Å². The predicted octanol–water partition coefficient (Wildman–Crippen LogP) is -9.18. The molecule has 0 bridgehead atoms. The van der Waals surface area contributed by atoms with Gasteiger partial charge >= 0.3 is 0 Å². The van der Waals surface area contributed by atoms with E-state index in [1.165, 1.54) is 7.05 Å². The van der Waals surface area contributed by atoms with Gasteiger partial charge in [0.2, 0.25) is 0 Å². The summed E-state index contributed by atoms with van der Waals surface area (Å²) in [5.74, 6) is 0. The topological polar surface area (TPSA) is 294 Å². The molecule has 16 unspecified atom stereocenters. The molecule has 0 aromatic rings. The van der Waals surface area contributed by atoms with Crippen molar-refractivity contribution in [3.05, 3.63) is 0 Å². The van der Waals surface area contributed by atoms with Crippen LogP contribution in [0.1, 0.15) is 0 Å². The molecule has 16 atom stereocenters. The molecule has 3 saturated heterocycles. The van der Waals surface area contributed by atoms with E-state index in [1.807, 2.05) is 0 Å². The van der Waals surface area contributed by atoms with Gasteiger partial charge in [-0.1, -0.05) is 0 Å². The van der Waals surface area contributed by atoms with Gasteiger partial charge in [0.15, 0.2) is 18.9 Å². The van der Waals surface area contributed by atoms with E-state index in [9.17, 15) is 56.3 Å². The van der Waals surface area contributed by atoms with E-state index in [4.69, 9.17) is 28.4 Å². The Balaban J connectivity index is 1.77. The quantitative estimate of drug-likeness (QED) is 0.0798. The van der Waals surface area contributed by atoms with E-state index in [2.05, 4.69) is 5.43 Å². The van der Waals surface area contributed by atoms with Gasteiger partial charge in [-0.2, -0.15) is 5.21 Å². The maximum Gasteiger partial charge on any atom is 0.188 e. The van der Waals surface area contributed by atoms with Gasteiger partial charge in [0, 0.05) is 0 Å². The molecule has 230 valence electrons. The summed E-state index contributed by atoms with van der Waals surface area (Å²) in [4.78, 5) is 0. The Hall–Kier alpha value is -0.760. The van der Waals surface area contributed by atoms with Gasteiger partial charge in [0.25, 0.3) is 0 Å². The minimum absolute atomic E-state index is 0.204. The molecule has 3 rings (SSSR count). The van der Waals surface area contributed by atoms with Crippen LogP contribution in [0.5, 0.6) is 0 Å². The number of aliphatic hydroxyl groups excluding tert-OH is 10. The second-order valence-electron chi connectivity index (χ2n) is 9.39. The fourth-order valence-corrected chi connectivity index (χ4v) is 4.40. The van der Waals surface area contributed by atoms with Crippen LogP contribution in [0.2, 0.25) is 0 Å².